The van der Waals surface area contributed by atoms with Gasteiger partial charge in [-0.25, -0.2) is 9.37 Å². The quantitative estimate of drug-likeness (QED) is 0.734. The lowest BCUT2D eigenvalue weighted by molar-refractivity contribution is 0.303. The minimum absolute atomic E-state index is 0.0954. The molecule has 4 heterocycles. The number of rotatable bonds is 3. The molecule has 1 spiro atoms. The second kappa shape index (κ2) is 6.25. The van der Waals surface area contributed by atoms with Gasteiger partial charge < -0.3 is 15.5 Å². The van der Waals surface area contributed by atoms with Gasteiger partial charge in [-0.15, -0.1) is 11.3 Å². The van der Waals surface area contributed by atoms with Crippen LogP contribution in [0, 0.1) is 5.41 Å². The van der Waals surface area contributed by atoms with E-state index in [1.165, 1.54) is 23.9 Å². The summed E-state index contributed by atoms with van der Waals surface area (Å²) in [6.45, 7) is 3.28. The van der Waals surface area contributed by atoms with Crippen molar-refractivity contribution in [1.82, 2.24) is 15.6 Å². The normalized spacial score (nSPS) is 26.7. The van der Waals surface area contributed by atoms with E-state index in [4.69, 9.17) is 10.4 Å². The lowest BCUT2D eigenvalue weighted by atomic mass is 9.84. The van der Waals surface area contributed by atoms with Gasteiger partial charge in [0.2, 0.25) is 0 Å². The topological polar surface area (TPSA) is 64.0 Å². The van der Waals surface area contributed by atoms with Crippen molar-refractivity contribution in [2.24, 2.45) is 0 Å². The van der Waals surface area contributed by atoms with Crippen molar-refractivity contribution in [2.75, 3.05) is 31.6 Å². The van der Waals surface area contributed by atoms with Crippen LogP contribution in [0.25, 0.3) is 15.1 Å². The van der Waals surface area contributed by atoms with Crippen LogP contribution in [0.3, 0.4) is 0 Å². The summed E-state index contributed by atoms with van der Waals surface area (Å²) in [5.41, 5.74) is 1.46. The Morgan fingerprint density at radius 3 is 2.93 bits per heavy atom. The molecule has 0 amide bonds. The number of anilines is 1. The molecule has 5 nitrogen and oxygen atoms in total. The van der Waals surface area contributed by atoms with Gasteiger partial charge in [-0.2, -0.15) is 0 Å². The zero-order valence-electron chi connectivity index (χ0n) is 14.9. The van der Waals surface area contributed by atoms with Crippen LogP contribution in [0.2, 0.25) is 0 Å². The SMILES string of the molecule is CN/C=C1/C=C(c2nc3sc(N4CCC45CCNC5)cc3s2)C=C(F)C1=N. The first-order valence-electron chi connectivity index (χ1n) is 9.04. The van der Waals surface area contributed by atoms with Crippen LogP contribution in [0.1, 0.15) is 17.8 Å². The molecule has 3 aliphatic rings. The molecule has 140 valence electrons. The molecule has 1 aliphatic carbocycles. The molecule has 1 unspecified atom stereocenters. The van der Waals surface area contributed by atoms with Crippen LogP contribution < -0.4 is 15.5 Å². The average Bonchev–Trinajstić information content (AvgIpc) is 3.33. The van der Waals surface area contributed by atoms with Crippen LogP contribution in [0.5, 0.6) is 0 Å². The van der Waals surface area contributed by atoms with E-state index >= 15 is 0 Å². The van der Waals surface area contributed by atoms with Crippen molar-refractivity contribution in [2.45, 2.75) is 18.4 Å². The maximum atomic E-state index is 14.2. The third kappa shape index (κ3) is 2.66. The van der Waals surface area contributed by atoms with Crippen LogP contribution >= 0.6 is 22.7 Å². The van der Waals surface area contributed by atoms with Gasteiger partial charge in [0.15, 0.2) is 0 Å². The first-order valence-corrected chi connectivity index (χ1v) is 10.7. The Hall–Kier alpha value is -2.03. The van der Waals surface area contributed by atoms with Crippen molar-refractivity contribution in [3.63, 3.8) is 0 Å². The van der Waals surface area contributed by atoms with Crippen molar-refractivity contribution in [3.05, 3.63) is 40.8 Å². The Kier molecular flexibility index (Phi) is 3.96. The monoisotopic (exact) mass is 401 g/mol. The molecule has 2 aliphatic heterocycles. The van der Waals surface area contributed by atoms with E-state index in [2.05, 4.69) is 21.6 Å². The van der Waals surface area contributed by atoms with Gasteiger partial charge in [-0.05, 0) is 37.6 Å². The number of fused-ring (bicyclic) bond motifs is 1. The standard InChI is InChI=1S/C19H20FN5S2/c1-22-9-12-6-11(7-13(20)16(12)21)17-24-18-14(26-17)8-15(27-18)25-5-3-19(25)2-4-23-10-19/h6-9,21-23H,2-5,10H2,1H3/b12-9-,21-16?. The van der Waals surface area contributed by atoms with Gasteiger partial charge in [0.25, 0.3) is 0 Å². The third-order valence-electron chi connectivity index (χ3n) is 5.60. The maximum Gasteiger partial charge on any atom is 0.149 e. The van der Waals surface area contributed by atoms with E-state index in [1.807, 2.05) is 6.08 Å². The first kappa shape index (κ1) is 17.1. The van der Waals surface area contributed by atoms with Crippen LogP contribution in [-0.2, 0) is 0 Å². The van der Waals surface area contributed by atoms with Gasteiger partial charge >= 0.3 is 0 Å². The molecule has 8 heteroatoms. The van der Waals surface area contributed by atoms with Crippen molar-refractivity contribution >= 4 is 48.5 Å². The molecular weight excluding hydrogens is 381 g/mol. The molecule has 5 rings (SSSR count). The summed E-state index contributed by atoms with van der Waals surface area (Å²) >= 11 is 3.32. The van der Waals surface area contributed by atoms with Crippen LogP contribution in [0.15, 0.2) is 35.8 Å². The fourth-order valence-electron chi connectivity index (χ4n) is 4.06. The Morgan fingerprint density at radius 1 is 1.37 bits per heavy atom. The number of nitrogens with zero attached hydrogens (tertiary/aromatic N) is 2. The molecule has 2 aromatic rings. The van der Waals surface area contributed by atoms with Gasteiger partial charge in [0, 0.05) is 37.5 Å². The number of hydrogen-bond acceptors (Lipinski definition) is 7. The number of allylic oxidation sites excluding steroid dienone is 5. The van der Waals surface area contributed by atoms with E-state index in [-0.39, 0.29) is 5.71 Å². The third-order valence-corrected chi connectivity index (χ3v) is 7.84. The van der Waals surface area contributed by atoms with Gasteiger partial charge in [-0.1, -0.05) is 11.3 Å². The van der Waals surface area contributed by atoms with E-state index in [0.29, 0.717) is 11.1 Å². The number of nitrogens with one attached hydrogen (secondary N) is 3. The fourth-order valence-corrected chi connectivity index (χ4v) is 6.39. The van der Waals surface area contributed by atoms with Gasteiger partial charge in [-0.3, -0.25) is 5.41 Å². The summed E-state index contributed by atoms with van der Waals surface area (Å²) < 4.78 is 15.3. The van der Waals surface area contributed by atoms with Crippen LogP contribution in [0.4, 0.5) is 9.39 Å². The highest BCUT2D eigenvalue weighted by molar-refractivity contribution is 7.29. The fraction of sp³-hybridized carbons (Fsp3) is 0.368. The van der Waals surface area contributed by atoms with Crippen molar-refractivity contribution < 1.29 is 4.39 Å². The Bertz CT molecular complexity index is 991. The smallest absolute Gasteiger partial charge is 0.149 e. The predicted molar refractivity (Wildman–Crippen MR) is 112 cm³/mol. The molecular formula is C19H20FN5S2. The highest BCUT2D eigenvalue weighted by Crippen LogP contribution is 2.46. The first-order chi connectivity index (χ1) is 13.1. The molecule has 0 bridgehead atoms. The second-order valence-electron chi connectivity index (χ2n) is 7.18. The summed E-state index contributed by atoms with van der Waals surface area (Å²) in [7, 11) is 1.74. The van der Waals surface area contributed by atoms with E-state index in [1.54, 1.807) is 35.9 Å². The number of thiophene rings is 1. The lowest BCUT2D eigenvalue weighted by Gasteiger charge is -2.51. The van der Waals surface area contributed by atoms with E-state index < -0.39 is 5.83 Å². The molecule has 3 N–H and O–H groups in total. The maximum absolute atomic E-state index is 14.2. The number of aromatic nitrogens is 1. The molecule has 0 radical (unpaired) electrons. The highest BCUT2D eigenvalue weighted by Gasteiger charge is 2.47. The van der Waals surface area contributed by atoms with Crippen molar-refractivity contribution in [1.29, 1.82) is 5.41 Å². The molecule has 0 aromatic carbocycles. The molecule has 27 heavy (non-hydrogen) atoms. The predicted octanol–water partition coefficient (Wildman–Crippen LogP) is 3.67. The molecule has 2 fully saturated rings. The van der Waals surface area contributed by atoms with Gasteiger partial charge in [0.1, 0.15) is 15.7 Å². The van der Waals surface area contributed by atoms with E-state index in [9.17, 15) is 4.39 Å². The zero-order valence-corrected chi connectivity index (χ0v) is 16.6. The molecule has 2 saturated heterocycles. The number of thiazole rings is 1. The largest absolute Gasteiger partial charge is 0.393 e. The lowest BCUT2D eigenvalue weighted by Crippen LogP contribution is -2.61. The summed E-state index contributed by atoms with van der Waals surface area (Å²) in [4.78, 5) is 8.30. The average molecular weight is 402 g/mol. The zero-order chi connectivity index (χ0) is 18.6. The summed E-state index contributed by atoms with van der Waals surface area (Å²) in [5, 5.41) is 16.3. The van der Waals surface area contributed by atoms with Gasteiger partial charge in [0.05, 0.1) is 21.0 Å². The van der Waals surface area contributed by atoms with E-state index in [0.717, 1.165) is 39.7 Å². The second-order valence-corrected chi connectivity index (χ2v) is 9.22. The Balaban J connectivity index is 1.46. The number of halogens is 1. The minimum atomic E-state index is -0.524. The Morgan fingerprint density at radius 2 is 2.26 bits per heavy atom. The molecule has 0 saturated carbocycles. The summed E-state index contributed by atoms with van der Waals surface area (Å²) in [6, 6.07) is 2.23. The number of hydrogen-bond donors (Lipinski definition) is 3. The highest BCUT2D eigenvalue weighted by atomic mass is 32.1. The molecule has 2 aromatic heterocycles. The minimum Gasteiger partial charge on any atom is -0.393 e. The summed E-state index contributed by atoms with van der Waals surface area (Å²) in [5.74, 6) is -0.524. The van der Waals surface area contributed by atoms with Crippen molar-refractivity contribution in [3.8, 4) is 0 Å². The van der Waals surface area contributed by atoms with Crippen LogP contribution in [-0.4, -0.2) is 42.9 Å². The Labute approximate surface area is 164 Å². The molecule has 1 atom stereocenters. The summed E-state index contributed by atoms with van der Waals surface area (Å²) in [6.07, 6.45) is 7.34.